The number of ether oxygens (including phenoxy) is 3. The Balaban J connectivity index is 1.79. The van der Waals surface area contributed by atoms with E-state index in [1.54, 1.807) is 60.5 Å². The number of piperidine rings is 1. The smallest absolute Gasteiger partial charge is 0.230 e. The lowest BCUT2D eigenvalue weighted by molar-refractivity contribution is -0.126. The Morgan fingerprint density at radius 2 is 1.66 bits per heavy atom. The van der Waals surface area contributed by atoms with Crippen molar-refractivity contribution in [3.05, 3.63) is 78.1 Å². The van der Waals surface area contributed by atoms with Gasteiger partial charge in [0, 0.05) is 12.1 Å². The third-order valence-electron chi connectivity index (χ3n) is 6.17. The second kappa shape index (κ2) is 10.5. The molecule has 1 fully saturated rings. The lowest BCUT2D eigenvalue weighted by atomic mass is 9.83. The van der Waals surface area contributed by atoms with Crippen molar-refractivity contribution in [1.82, 2.24) is 0 Å². The maximum absolute atomic E-state index is 14.3. The first-order chi connectivity index (χ1) is 17.0. The SMILES string of the molecule is COc1ccc(N2C(=O)CC[C@@H](C(=O)Nc3ccccc3F)[C@@H]2c2ccc(OC)c(OC)c2)cc1. The van der Waals surface area contributed by atoms with E-state index in [4.69, 9.17) is 14.2 Å². The summed E-state index contributed by atoms with van der Waals surface area (Å²) in [5.74, 6) is -0.0110. The Labute approximate surface area is 203 Å². The maximum atomic E-state index is 14.3. The summed E-state index contributed by atoms with van der Waals surface area (Å²) < 4.78 is 30.4. The summed E-state index contributed by atoms with van der Waals surface area (Å²) in [4.78, 5) is 28.3. The van der Waals surface area contributed by atoms with E-state index in [0.717, 1.165) is 0 Å². The zero-order valence-corrected chi connectivity index (χ0v) is 19.8. The number of carbonyl (C=O) groups is 2. The van der Waals surface area contributed by atoms with Crippen LogP contribution in [0.3, 0.4) is 0 Å². The Morgan fingerprint density at radius 1 is 0.943 bits per heavy atom. The summed E-state index contributed by atoms with van der Waals surface area (Å²) in [5, 5.41) is 2.71. The number of halogens is 1. The Morgan fingerprint density at radius 3 is 2.31 bits per heavy atom. The molecular formula is C27H27FN2O5. The van der Waals surface area contributed by atoms with E-state index < -0.39 is 17.8 Å². The fourth-order valence-corrected chi connectivity index (χ4v) is 4.42. The number of rotatable bonds is 7. The molecule has 35 heavy (non-hydrogen) atoms. The lowest BCUT2D eigenvalue weighted by Gasteiger charge is -2.41. The minimum Gasteiger partial charge on any atom is -0.497 e. The third-order valence-corrected chi connectivity index (χ3v) is 6.17. The highest BCUT2D eigenvalue weighted by Crippen LogP contribution is 2.43. The molecule has 2 atom stereocenters. The Kier molecular flexibility index (Phi) is 7.19. The highest BCUT2D eigenvalue weighted by molar-refractivity contribution is 6.00. The van der Waals surface area contributed by atoms with E-state index in [0.29, 0.717) is 34.9 Å². The molecule has 0 aliphatic carbocycles. The fourth-order valence-electron chi connectivity index (χ4n) is 4.42. The average molecular weight is 479 g/mol. The van der Waals surface area contributed by atoms with Gasteiger partial charge >= 0.3 is 0 Å². The Hall–Kier alpha value is -4.07. The molecule has 0 unspecified atom stereocenters. The zero-order chi connectivity index (χ0) is 24.9. The van der Waals surface area contributed by atoms with Gasteiger partial charge in [-0.05, 0) is 60.5 Å². The van der Waals surface area contributed by atoms with Gasteiger partial charge in [0.15, 0.2) is 11.5 Å². The van der Waals surface area contributed by atoms with E-state index in [-0.39, 0.29) is 23.9 Å². The van der Waals surface area contributed by atoms with E-state index >= 15 is 0 Å². The van der Waals surface area contributed by atoms with Crippen molar-refractivity contribution in [2.24, 2.45) is 5.92 Å². The van der Waals surface area contributed by atoms with Gasteiger partial charge in [-0.15, -0.1) is 0 Å². The lowest BCUT2D eigenvalue weighted by Crippen LogP contribution is -2.47. The predicted molar refractivity (Wildman–Crippen MR) is 131 cm³/mol. The number of amides is 2. The van der Waals surface area contributed by atoms with Crippen molar-refractivity contribution >= 4 is 23.2 Å². The van der Waals surface area contributed by atoms with Crippen LogP contribution in [0.4, 0.5) is 15.8 Å². The monoisotopic (exact) mass is 478 g/mol. The summed E-state index contributed by atoms with van der Waals surface area (Å²) in [7, 11) is 4.63. The number of hydrogen-bond acceptors (Lipinski definition) is 5. The number of hydrogen-bond donors (Lipinski definition) is 1. The van der Waals surface area contributed by atoms with E-state index in [1.165, 1.54) is 26.4 Å². The second-order valence-corrected chi connectivity index (χ2v) is 8.14. The van der Waals surface area contributed by atoms with Crippen LogP contribution in [0.5, 0.6) is 17.2 Å². The van der Waals surface area contributed by atoms with E-state index in [2.05, 4.69) is 5.32 Å². The molecule has 4 rings (SSSR count). The molecule has 3 aromatic rings. The summed E-state index contributed by atoms with van der Waals surface area (Å²) >= 11 is 0. The minimum absolute atomic E-state index is 0.0939. The first kappa shape index (κ1) is 24.1. The molecule has 1 N–H and O–H groups in total. The van der Waals surface area contributed by atoms with Crippen LogP contribution in [0.15, 0.2) is 66.7 Å². The molecule has 3 aromatic carbocycles. The molecule has 1 aliphatic rings. The molecule has 0 aromatic heterocycles. The molecule has 1 heterocycles. The molecule has 0 spiro atoms. The standard InChI is InChI=1S/C27H27FN2O5/c1-33-19-11-9-18(10-12-19)30-25(31)15-13-20(27(32)29-22-7-5-4-6-21(22)28)26(30)17-8-14-23(34-2)24(16-17)35-3/h4-12,14,16,20,26H,13,15H2,1-3H3,(H,29,32)/t20-,26+/m1/s1. The van der Waals surface area contributed by atoms with Gasteiger partial charge in [-0.1, -0.05) is 18.2 Å². The van der Waals surface area contributed by atoms with Gasteiger partial charge in [-0.2, -0.15) is 0 Å². The number of methoxy groups -OCH3 is 3. The molecule has 2 amide bonds. The highest BCUT2D eigenvalue weighted by atomic mass is 19.1. The number of nitrogens with zero attached hydrogens (tertiary/aromatic N) is 1. The molecule has 7 nitrogen and oxygen atoms in total. The van der Waals surface area contributed by atoms with Crippen molar-refractivity contribution in [2.75, 3.05) is 31.5 Å². The third kappa shape index (κ3) is 4.91. The predicted octanol–water partition coefficient (Wildman–Crippen LogP) is 4.97. The minimum atomic E-state index is -0.656. The van der Waals surface area contributed by atoms with Crippen LogP contribution >= 0.6 is 0 Å². The topological polar surface area (TPSA) is 77.1 Å². The summed E-state index contributed by atoms with van der Waals surface area (Å²) in [6.07, 6.45) is 0.482. The average Bonchev–Trinajstić information content (AvgIpc) is 2.89. The van der Waals surface area contributed by atoms with E-state index in [9.17, 15) is 14.0 Å². The van der Waals surface area contributed by atoms with Crippen molar-refractivity contribution in [2.45, 2.75) is 18.9 Å². The van der Waals surface area contributed by atoms with Crippen LogP contribution in [0.2, 0.25) is 0 Å². The van der Waals surface area contributed by atoms with Crippen LogP contribution in [0, 0.1) is 11.7 Å². The summed E-state index contributed by atoms with van der Waals surface area (Å²) in [6.45, 7) is 0. The van der Waals surface area contributed by atoms with Crippen molar-refractivity contribution in [3.63, 3.8) is 0 Å². The van der Waals surface area contributed by atoms with Gasteiger partial charge in [0.1, 0.15) is 11.6 Å². The molecule has 1 aliphatic heterocycles. The van der Waals surface area contributed by atoms with Gasteiger partial charge in [-0.3, -0.25) is 9.59 Å². The zero-order valence-electron chi connectivity index (χ0n) is 19.8. The van der Waals surface area contributed by atoms with Crippen LogP contribution in [-0.4, -0.2) is 33.1 Å². The molecule has 0 bridgehead atoms. The molecule has 182 valence electrons. The number of anilines is 2. The van der Waals surface area contributed by atoms with Gasteiger partial charge in [-0.25, -0.2) is 4.39 Å². The first-order valence-corrected chi connectivity index (χ1v) is 11.2. The van der Waals surface area contributed by atoms with Crippen LogP contribution in [-0.2, 0) is 9.59 Å². The molecule has 8 heteroatoms. The van der Waals surface area contributed by atoms with Crippen molar-refractivity contribution in [3.8, 4) is 17.2 Å². The van der Waals surface area contributed by atoms with Gasteiger partial charge in [0.25, 0.3) is 0 Å². The van der Waals surface area contributed by atoms with Crippen LogP contribution in [0.25, 0.3) is 0 Å². The van der Waals surface area contributed by atoms with Crippen molar-refractivity contribution in [1.29, 1.82) is 0 Å². The van der Waals surface area contributed by atoms with Gasteiger partial charge < -0.3 is 24.4 Å². The van der Waals surface area contributed by atoms with E-state index in [1.807, 2.05) is 6.07 Å². The largest absolute Gasteiger partial charge is 0.497 e. The summed E-state index contributed by atoms with van der Waals surface area (Å²) in [5.41, 5.74) is 1.41. The quantitative estimate of drug-likeness (QED) is 0.519. The van der Waals surface area contributed by atoms with Crippen LogP contribution < -0.4 is 24.4 Å². The molecule has 1 saturated heterocycles. The fraction of sp³-hybridized carbons (Fsp3) is 0.259. The van der Waals surface area contributed by atoms with Crippen molar-refractivity contribution < 1.29 is 28.2 Å². The number of para-hydroxylation sites is 1. The first-order valence-electron chi connectivity index (χ1n) is 11.2. The second-order valence-electron chi connectivity index (χ2n) is 8.14. The normalized spacial score (nSPS) is 17.6. The highest BCUT2D eigenvalue weighted by Gasteiger charge is 2.42. The number of nitrogens with one attached hydrogen (secondary N) is 1. The molecular weight excluding hydrogens is 451 g/mol. The number of benzene rings is 3. The summed E-state index contributed by atoms with van der Waals surface area (Å²) in [6, 6.07) is 17.7. The Bertz CT molecular complexity index is 1210. The van der Waals surface area contributed by atoms with Gasteiger partial charge in [0.05, 0.1) is 39.0 Å². The van der Waals surface area contributed by atoms with Crippen LogP contribution in [0.1, 0.15) is 24.4 Å². The molecule has 0 saturated carbocycles. The molecule has 0 radical (unpaired) electrons. The van der Waals surface area contributed by atoms with Gasteiger partial charge in [0.2, 0.25) is 11.8 Å². The maximum Gasteiger partial charge on any atom is 0.230 e. The number of carbonyl (C=O) groups excluding carboxylic acids is 2.